The number of benzene rings is 1. The summed E-state index contributed by atoms with van der Waals surface area (Å²) in [5.41, 5.74) is 2.97. The van der Waals surface area contributed by atoms with Crippen molar-refractivity contribution in [3.05, 3.63) is 35.4 Å². The fraction of sp³-hybridized carbons (Fsp3) is 0.600. The molecule has 0 aliphatic heterocycles. The molecule has 1 nitrogen and oxygen atoms in total. The van der Waals surface area contributed by atoms with Crippen LogP contribution in [0.25, 0.3) is 0 Å². The van der Waals surface area contributed by atoms with Crippen LogP contribution >= 0.6 is 0 Å². The highest BCUT2D eigenvalue weighted by Crippen LogP contribution is 2.39. The molecule has 0 atom stereocenters. The van der Waals surface area contributed by atoms with Crippen LogP contribution in [0, 0.1) is 5.92 Å². The van der Waals surface area contributed by atoms with Gasteiger partial charge in [-0.2, -0.15) is 0 Å². The van der Waals surface area contributed by atoms with E-state index >= 15 is 0 Å². The normalized spacial score (nSPS) is 20.0. The maximum atomic E-state index is 3.54. The van der Waals surface area contributed by atoms with Crippen molar-refractivity contribution < 1.29 is 0 Å². The van der Waals surface area contributed by atoms with Gasteiger partial charge in [0.2, 0.25) is 0 Å². The second-order valence-corrected chi connectivity index (χ2v) is 5.42. The van der Waals surface area contributed by atoms with Crippen molar-refractivity contribution in [2.24, 2.45) is 5.92 Å². The number of rotatable bonds is 6. The Kier molecular flexibility index (Phi) is 2.96. The van der Waals surface area contributed by atoms with E-state index in [4.69, 9.17) is 0 Å². The van der Waals surface area contributed by atoms with Gasteiger partial charge in [0.15, 0.2) is 0 Å². The molecular weight excluding hydrogens is 194 g/mol. The summed E-state index contributed by atoms with van der Waals surface area (Å²) in [6.45, 7) is 2.23. The first-order chi connectivity index (χ1) is 7.92. The molecule has 0 radical (unpaired) electrons. The lowest BCUT2D eigenvalue weighted by Gasteiger charge is -2.05. The van der Waals surface area contributed by atoms with E-state index in [1.807, 2.05) is 0 Å². The van der Waals surface area contributed by atoms with E-state index < -0.39 is 0 Å². The standard InChI is InChI=1S/C15H21N/c1-2-12(1)9-10-16-11-13-3-5-14(6-4-13)15-7-8-15/h3-6,12,15-16H,1-2,7-11H2. The molecule has 2 aliphatic carbocycles. The van der Waals surface area contributed by atoms with Crippen LogP contribution in [0.3, 0.4) is 0 Å². The Balaban J connectivity index is 1.42. The van der Waals surface area contributed by atoms with Gasteiger partial charge in [0.25, 0.3) is 0 Å². The first-order valence-electron chi connectivity index (χ1n) is 6.71. The third-order valence-corrected chi connectivity index (χ3v) is 3.78. The number of hydrogen-bond acceptors (Lipinski definition) is 1. The maximum absolute atomic E-state index is 3.54. The third-order valence-electron chi connectivity index (χ3n) is 3.78. The Morgan fingerprint density at radius 1 is 1.00 bits per heavy atom. The SMILES string of the molecule is c1cc(C2CC2)ccc1CNCCC1CC1. The molecule has 0 spiro atoms. The average Bonchev–Trinajstić information content (AvgIpc) is 3.18. The van der Waals surface area contributed by atoms with Crippen molar-refractivity contribution in [2.45, 2.75) is 44.6 Å². The summed E-state index contributed by atoms with van der Waals surface area (Å²) >= 11 is 0. The molecule has 1 aromatic carbocycles. The highest BCUT2D eigenvalue weighted by Gasteiger charge is 2.23. The van der Waals surface area contributed by atoms with E-state index in [1.165, 1.54) is 44.2 Å². The van der Waals surface area contributed by atoms with Gasteiger partial charge in [-0.1, -0.05) is 37.1 Å². The van der Waals surface area contributed by atoms with Crippen molar-refractivity contribution in [1.82, 2.24) is 5.32 Å². The van der Waals surface area contributed by atoms with Gasteiger partial charge in [0, 0.05) is 6.54 Å². The summed E-state index contributed by atoms with van der Waals surface area (Å²) in [5.74, 6) is 1.93. The minimum absolute atomic E-state index is 0.886. The van der Waals surface area contributed by atoms with Gasteiger partial charge in [-0.15, -0.1) is 0 Å². The van der Waals surface area contributed by atoms with Crippen LogP contribution in [0.5, 0.6) is 0 Å². The first-order valence-corrected chi connectivity index (χ1v) is 6.71. The number of nitrogens with one attached hydrogen (secondary N) is 1. The lowest BCUT2D eigenvalue weighted by molar-refractivity contribution is 0.613. The van der Waals surface area contributed by atoms with E-state index in [0.717, 1.165) is 18.4 Å². The molecule has 16 heavy (non-hydrogen) atoms. The van der Waals surface area contributed by atoms with Gasteiger partial charge in [-0.25, -0.2) is 0 Å². The lowest BCUT2D eigenvalue weighted by Crippen LogP contribution is -2.15. The topological polar surface area (TPSA) is 12.0 Å². The Hall–Kier alpha value is -0.820. The monoisotopic (exact) mass is 215 g/mol. The van der Waals surface area contributed by atoms with Crippen molar-refractivity contribution in [3.63, 3.8) is 0 Å². The van der Waals surface area contributed by atoms with E-state index in [0.29, 0.717) is 0 Å². The van der Waals surface area contributed by atoms with Crippen LogP contribution in [-0.2, 0) is 6.54 Å². The fourth-order valence-corrected chi connectivity index (χ4v) is 2.27. The van der Waals surface area contributed by atoms with Crippen molar-refractivity contribution in [3.8, 4) is 0 Å². The predicted molar refractivity (Wildman–Crippen MR) is 67.5 cm³/mol. The van der Waals surface area contributed by atoms with Crippen LogP contribution in [0.4, 0.5) is 0 Å². The summed E-state index contributed by atoms with van der Waals surface area (Å²) < 4.78 is 0. The van der Waals surface area contributed by atoms with Gasteiger partial charge in [0.05, 0.1) is 0 Å². The lowest BCUT2D eigenvalue weighted by atomic mass is 10.1. The second kappa shape index (κ2) is 4.58. The second-order valence-electron chi connectivity index (χ2n) is 5.42. The van der Waals surface area contributed by atoms with Gasteiger partial charge in [-0.05, 0) is 48.8 Å². The largest absolute Gasteiger partial charge is 0.313 e. The van der Waals surface area contributed by atoms with Crippen LogP contribution in [-0.4, -0.2) is 6.54 Å². The summed E-state index contributed by atoms with van der Waals surface area (Å²) in [7, 11) is 0. The smallest absolute Gasteiger partial charge is 0.0205 e. The Labute approximate surface area is 98.3 Å². The van der Waals surface area contributed by atoms with Crippen LogP contribution in [0.2, 0.25) is 0 Å². The molecule has 0 bridgehead atoms. The van der Waals surface area contributed by atoms with Gasteiger partial charge < -0.3 is 5.32 Å². The molecule has 3 rings (SSSR count). The molecule has 2 aliphatic rings. The summed E-state index contributed by atoms with van der Waals surface area (Å²) in [6, 6.07) is 9.21. The zero-order chi connectivity index (χ0) is 10.8. The van der Waals surface area contributed by atoms with E-state index in [2.05, 4.69) is 29.6 Å². The summed E-state index contributed by atoms with van der Waals surface area (Å²) in [6.07, 6.45) is 7.12. The minimum Gasteiger partial charge on any atom is -0.313 e. The van der Waals surface area contributed by atoms with Gasteiger partial charge in [-0.3, -0.25) is 0 Å². The van der Waals surface area contributed by atoms with E-state index in [9.17, 15) is 0 Å². The van der Waals surface area contributed by atoms with Crippen LogP contribution in [0.1, 0.15) is 49.1 Å². The van der Waals surface area contributed by atoms with Gasteiger partial charge >= 0.3 is 0 Å². The summed E-state index contributed by atoms with van der Waals surface area (Å²) in [4.78, 5) is 0. The van der Waals surface area contributed by atoms with E-state index in [1.54, 1.807) is 5.56 Å². The van der Waals surface area contributed by atoms with Crippen LogP contribution < -0.4 is 5.32 Å². The molecular formula is C15H21N. The highest BCUT2D eigenvalue weighted by atomic mass is 14.8. The zero-order valence-electron chi connectivity index (χ0n) is 9.91. The fourth-order valence-electron chi connectivity index (χ4n) is 2.27. The molecule has 0 aromatic heterocycles. The maximum Gasteiger partial charge on any atom is 0.0205 e. The first kappa shape index (κ1) is 10.3. The Morgan fingerprint density at radius 3 is 2.38 bits per heavy atom. The minimum atomic E-state index is 0.886. The molecule has 0 amide bonds. The molecule has 0 unspecified atom stereocenters. The Morgan fingerprint density at radius 2 is 1.75 bits per heavy atom. The predicted octanol–water partition coefficient (Wildman–Crippen LogP) is 3.45. The molecule has 2 saturated carbocycles. The molecule has 1 aromatic rings. The van der Waals surface area contributed by atoms with Crippen LogP contribution in [0.15, 0.2) is 24.3 Å². The number of hydrogen-bond donors (Lipinski definition) is 1. The summed E-state index contributed by atoms with van der Waals surface area (Å²) in [5, 5.41) is 3.54. The molecule has 86 valence electrons. The van der Waals surface area contributed by atoms with E-state index in [-0.39, 0.29) is 0 Å². The molecule has 1 N–H and O–H groups in total. The van der Waals surface area contributed by atoms with Gasteiger partial charge in [0.1, 0.15) is 0 Å². The third kappa shape index (κ3) is 2.85. The van der Waals surface area contributed by atoms with Crippen molar-refractivity contribution in [2.75, 3.05) is 6.54 Å². The highest BCUT2D eigenvalue weighted by molar-refractivity contribution is 5.27. The average molecular weight is 215 g/mol. The zero-order valence-corrected chi connectivity index (χ0v) is 9.91. The van der Waals surface area contributed by atoms with Crippen molar-refractivity contribution >= 4 is 0 Å². The Bertz CT molecular complexity index is 333. The molecule has 1 heteroatoms. The molecule has 0 saturated heterocycles. The molecule has 2 fully saturated rings. The van der Waals surface area contributed by atoms with Crippen molar-refractivity contribution in [1.29, 1.82) is 0 Å². The molecule has 0 heterocycles. The quantitative estimate of drug-likeness (QED) is 0.717.